The molecular formula is C9H11N5O3S. The minimum atomic E-state index is -0.479. The Hall–Kier alpha value is -2.16. The van der Waals surface area contributed by atoms with Crippen molar-refractivity contribution in [3.8, 4) is 0 Å². The first-order valence-electron chi connectivity index (χ1n) is 5.18. The van der Waals surface area contributed by atoms with Gasteiger partial charge in [-0.15, -0.1) is 0 Å². The summed E-state index contributed by atoms with van der Waals surface area (Å²) in [6.45, 7) is 2.18. The van der Waals surface area contributed by atoms with Crippen LogP contribution in [0.25, 0.3) is 4.96 Å². The molecule has 2 heterocycles. The van der Waals surface area contributed by atoms with Gasteiger partial charge in [-0.05, 0) is 4.92 Å². The van der Waals surface area contributed by atoms with Crippen molar-refractivity contribution in [1.29, 1.82) is 0 Å². The molecule has 0 aromatic carbocycles. The van der Waals surface area contributed by atoms with E-state index in [0.717, 1.165) is 0 Å². The van der Waals surface area contributed by atoms with Crippen LogP contribution in [0.4, 0.5) is 11.6 Å². The summed E-state index contributed by atoms with van der Waals surface area (Å²) in [7, 11) is 0. The topological polar surface area (TPSA) is 102 Å². The Labute approximate surface area is 106 Å². The molecule has 0 spiro atoms. The Balaban J connectivity index is 2.12. The number of thiazole rings is 1. The second-order valence-electron chi connectivity index (χ2n) is 3.51. The van der Waals surface area contributed by atoms with Crippen molar-refractivity contribution in [2.24, 2.45) is 0 Å². The van der Waals surface area contributed by atoms with E-state index in [2.05, 4.69) is 15.6 Å². The quantitative estimate of drug-likeness (QED) is 0.476. The summed E-state index contributed by atoms with van der Waals surface area (Å²) in [5.41, 5.74) is 0. The number of hydrogen-bond donors (Lipinski definition) is 2. The van der Waals surface area contributed by atoms with E-state index in [1.54, 1.807) is 11.6 Å². The average molecular weight is 269 g/mol. The molecule has 2 rings (SSSR count). The number of nitrogens with one attached hydrogen (secondary N) is 2. The number of anilines is 1. The highest BCUT2D eigenvalue weighted by atomic mass is 32.1. The number of hydrogen-bond acceptors (Lipinski definition) is 6. The van der Waals surface area contributed by atoms with Crippen LogP contribution in [-0.2, 0) is 4.79 Å². The zero-order valence-corrected chi connectivity index (χ0v) is 10.4. The first-order valence-corrected chi connectivity index (χ1v) is 6.06. The lowest BCUT2D eigenvalue weighted by Crippen LogP contribution is -2.26. The fourth-order valence-electron chi connectivity index (χ4n) is 1.49. The van der Waals surface area contributed by atoms with E-state index in [-0.39, 0.29) is 17.5 Å². The predicted octanol–water partition coefficient (Wildman–Crippen LogP) is 0.852. The lowest BCUT2D eigenvalue weighted by molar-refractivity contribution is -0.389. The van der Waals surface area contributed by atoms with E-state index in [9.17, 15) is 14.9 Å². The Bertz CT molecular complexity index is 590. The second-order valence-corrected chi connectivity index (χ2v) is 4.38. The van der Waals surface area contributed by atoms with Crippen LogP contribution in [-0.4, -0.2) is 33.3 Å². The maximum atomic E-state index is 11.0. The highest BCUT2D eigenvalue weighted by molar-refractivity contribution is 7.15. The molecule has 9 heteroatoms. The molecule has 0 aliphatic rings. The summed E-state index contributed by atoms with van der Waals surface area (Å²) < 4.78 is 1.42. The molecule has 0 bridgehead atoms. The van der Waals surface area contributed by atoms with Gasteiger partial charge in [0.05, 0.1) is 0 Å². The highest BCUT2D eigenvalue weighted by Crippen LogP contribution is 2.27. The molecule has 0 unspecified atom stereocenters. The summed E-state index contributed by atoms with van der Waals surface area (Å²) in [5.74, 6) is -0.0107. The molecule has 0 radical (unpaired) electrons. The van der Waals surface area contributed by atoms with Gasteiger partial charge in [-0.3, -0.25) is 4.79 Å². The monoisotopic (exact) mass is 269 g/mol. The lowest BCUT2D eigenvalue weighted by Gasteiger charge is -2.03. The van der Waals surface area contributed by atoms with Crippen LogP contribution in [0.3, 0.4) is 0 Å². The average Bonchev–Trinajstić information content (AvgIpc) is 2.82. The molecular weight excluding hydrogens is 258 g/mol. The van der Waals surface area contributed by atoms with Gasteiger partial charge in [-0.2, -0.15) is 9.38 Å². The lowest BCUT2D eigenvalue weighted by atomic mass is 10.5. The third-order valence-corrected chi connectivity index (χ3v) is 2.96. The number of rotatable bonds is 5. The Morgan fingerprint density at radius 1 is 1.61 bits per heavy atom. The maximum absolute atomic E-state index is 11.0. The van der Waals surface area contributed by atoms with Crippen LogP contribution in [0.2, 0.25) is 0 Å². The smallest absolute Gasteiger partial charge is 0.361 e. The molecule has 18 heavy (non-hydrogen) atoms. The van der Waals surface area contributed by atoms with Crippen molar-refractivity contribution in [3.63, 3.8) is 0 Å². The van der Waals surface area contributed by atoms with Gasteiger partial charge in [0.2, 0.25) is 11.7 Å². The number of aromatic nitrogens is 2. The van der Waals surface area contributed by atoms with Crippen LogP contribution in [0.15, 0.2) is 11.6 Å². The van der Waals surface area contributed by atoms with Crippen molar-refractivity contribution in [1.82, 2.24) is 14.7 Å². The van der Waals surface area contributed by atoms with Gasteiger partial charge in [0.1, 0.15) is 6.20 Å². The van der Waals surface area contributed by atoms with Crippen molar-refractivity contribution in [2.75, 3.05) is 18.4 Å². The van der Waals surface area contributed by atoms with Crippen LogP contribution in [0.1, 0.15) is 6.92 Å². The van der Waals surface area contributed by atoms with Gasteiger partial charge in [0.15, 0.2) is 0 Å². The zero-order valence-electron chi connectivity index (χ0n) is 9.54. The summed E-state index contributed by atoms with van der Waals surface area (Å²) in [6, 6.07) is 0. The van der Waals surface area contributed by atoms with Gasteiger partial charge < -0.3 is 20.7 Å². The maximum Gasteiger partial charge on any atom is 0.372 e. The zero-order chi connectivity index (χ0) is 13.1. The van der Waals surface area contributed by atoms with E-state index in [1.165, 1.54) is 22.7 Å². The normalized spacial score (nSPS) is 10.5. The van der Waals surface area contributed by atoms with E-state index in [1.807, 2.05) is 0 Å². The first-order chi connectivity index (χ1) is 8.59. The van der Waals surface area contributed by atoms with Crippen molar-refractivity contribution in [2.45, 2.75) is 6.92 Å². The van der Waals surface area contributed by atoms with Crippen LogP contribution in [0, 0.1) is 10.1 Å². The number of nitrogens with zero attached hydrogens (tertiary/aromatic N) is 3. The number of carbonyl (C=O) groups excluding carboxylic acids is 1. The van der Waals surface area contributed by atoms with E-state index >= 15 is 0 Å². The number of fused-ring (bicyclic) bond motifs is 1. The van der Waals surface area contributed by atoms with Crippen molar-refractivity contribution in [3.05, 3.63) is 21.7 Å². The van der Waals surface area contributed by atoms with E-state index in [0.29, 0.717) is 18.1 Å². The SMILES string of the molecule is CC(=O)NCCNc1nc2sccn2c1[N+](=O)[O-]. The van der Waals surface area contributed by atoms with Gasteiger partial charge in [-0.25, -0.2) is 0 Å². The molecule has 0 fully saturated rings. The van der Waals surface area contributed by atoms with Crippen molar-refractivity contribution < 1.29 is 9.72 Å². The molecule has 96 valence electrons. The minimum Gasteiger partial charge on any atom is -0.361 e. The third-order valence-electron chi connectivity index (χ3n) is 2.20. The summed E-state index contributed by atoms with van der Waals surface area (Å²) in [5, 5.41) is 18.1. The fraction of sp³-hybridized carbons (Fsp3) is 0.333. The van der Waals surface area contributed by atoms with Gasteiger partial charge in [0.25, 0.3) is 4.96 Å². The molecule has 2 aromatic heterocycles. The number of carbonyl (C=O) groups is 1. The largest absolute Gasteiger partial charge is 0.372 e. The molecule has 2 aromatic rings. The molecule has 0 aliphatic carbocycles. The summed E-state index contributed by atoms with van der Waals surface area (Å²) >= 11 is 1.32. The Morgan fingerprint density at radius 3 is 3.06 bits per heavy atom. The molecule has 1 amide bonds. The summed E-state index contributed by atoms with van der Waals surface area (Å²) in [4.78, 5) is 25.8. The van der Waals surface area contributed by atoms with Gasteiger partial charge >= 0.3 is 5.82 Å². The summed E-state index contributed by atoms with van der Waals surface area (Å²) in [6.07, 6.45) is 1.60. The molecule has 8 nitrogen and oxygen atoms in total. The number of amides is 1. The molecule has 0 saturated heterocycles. The Kier molecular flexibility index (Phi) is 3.42. The molecule has 2 N–H and O–H groups in total. The third kappa shape index (κ3) is 2.40. The van der Waals surface area contributed by atoms with E-state index < -0.39 is 4.92 Å². The fourth-order valence-corrected chi connectivity index (χ4v) is 2.20. The van der Waals surface area contributed by atoms with E-state index in [4.69, 9.17) is 0 Å². The Morgan fingerprint density at radius 2 is 2.39 bits per heavy atom. The molecule has 0 aliphatic heterocycles. The predicted molar refractivity (Wildman–Crippen MR) is 66.9 cm³/mol. The van der Waals surface area contributed by atoms with Crippen molar-refractivity contribution >= 4 is 33.8 Å². The number of nitro groups is 1. The standard InChI is InChI=1S/C9H11N5O3S/c1-6(15)10-2-3-11-7-8(14(16)17)13-4-5-18-9(13)12-7/h4-5,11H,2-3H2,1H3,(H,10,15). The number of imidazole rings is 1. The first kappa shape index (κ1) is 12.3. The molecule has 0 atom stereocenters. The van der Waals surface area contributed by atoms with Crippen LogP contribution < -0.4 is 10.6 Å². The molecule has 0 saturated carbocycles. The highest BCUT2D eigenvalue weighted by Gasteiger charge is 2.22. The minimum absolute atomic E-state index is 0.0888. The second kappa shape index (κ2) is 5.00. The van der Waals surface area contributed by atoms with Crippen LogP contribution >= 0.6 is 11.3 Å². The van der Waals surface area contributed by atoms with Gasteiger partial charge in [-0.1, -0.05) is 11.3 Å². The van der Waals surface area contributed by atoms with Gasteiger partial charge in [0, 0.05) is 25.4 Å². The van der Waals surface area contributed by atoms with Crippen LogP contribution in [0.5, 0.6) is 0 Å².